The van der Waals surface area contributed by atoms with Crippen molar-refractivity contribution in [2.75, 3.05) is 12.4 Å². The maximum absolute atomic E-state index is 11.8. The number of benzene rings is 2. The third-order valence-corrected chi connectivity index (χ3v) is 4.32. The highest BCUT2D eigenvalue weighted by Gasteiger charge is 2.07. The Morgan fingerprint density at radius 3 is 2.38 bits per heavy atom. The summed E-state index contributed by atoms with van der Waals surface area (Å²) in [7, 11) is 1.72. The third kappa shape index (κ3) is 7.88. The number of aliphatic imine (C=N–C) groups is 1. The number of carbonyl (C=O) groups is 1. The number of nitrogens with zero attached hydrogens (tertiary/aromatic N) is 2. The predicted molar refractivity (Wildman–Crippen MR) is 138 cm³/mol. The predicted octanol–water partition coefficient (Wildman–Crippen LogP) is 4.35. The van der Waals surface area contributed by atoms with Crippen molar-refractivity contribution in [3.8, 4) is 11.5 Å². The molecule has 0 bridgehead atoms. The van der Waals surface area contributed by atoms with Crippen molar-refractivity contribution < 1.29 is 9.21 Å². The van der Waals surface area contributed by atoms with E-state index in [1.807, 2.05) is 68.4 Å². The highest BCUT2D eigenvalue weighted by atomic mass is 127. The fraction of sp³-hybridized carbons (Fsp3) is 0.261. The molecule has 3 rings (SSSR count). The van der Waals surface area contributed by atoms with Gasteiger partial charge in [-0.3, -0.25) is 4.99 Å². The van der Waals surface area contributed by atoms with Crippen LogP contribution in [0.1, 0.15) is 25.1 Å². The summed E-state index contributed by atoms with van der Waals surface area (Å²) in [5.74, 6) is 1.25. The van der Waals surface area contributed by atoms with Gasteiger partial charge in [0.05, 0.1) is 12.2 Å². The van der Waals surface area contributed by atoms with Gasteiger partial charge in [0.25, 0.3) is 0 Å². The van der Waals surface area contributed by atoms with Crippen molar-refractivity contribution in [3.63, 3.8) is 0 Å². The van der Waals surface area contributed by atoms with E-state index in [0.29, 0.717) is 24.9 Å². The van der Waals surface area contributed by atoms with Crippen LogP contribution >= 0.6 is 24.0 Å². The van der Waals surface area contributed by atoms with Gasteiger partial charge in [-0.15, -0.1) is 24.0 Å². The molecule has 3 aromatic rings. The van der Waals surface area contributed by atoms with Gasteiger partial charge >= 0.3 is 6.03 Å². The van der Waals surface area contributed by atoms with Crippen molar-refractivity contribution in [1.29, 1.82) is 0 Å². The molecule has 0 spiro atoms. The molecular formula is C23H29IN6O2. The zero-order valence-electron chi connectivity index (χ0n) is 18.4. The molecule has 0 aliphatic carbocycles. The van der Waals surface area contributed by atoms with Gasteiger partial charge in [-0.25, -0.2) is 9.78 Å². The van der Waals surface area contributed by atoms with Crippen molar-refractivity contribution in [3.05, 3.63) is 72.1 Å². The lowest BCUT2D eigenvalue weighted by atomic mass is 10.2. The van der Waals surface area contributed by atoms with Crippen LogP contribution in [-0.4, -0.2) is 30.1 Å². The standard InChI is InChI=1S/C23H28N6O2.HI/c1-16(2)27-23(30)29-19-11-9-17(10-12-19)13-25-22(24-3)26-14-20-15-31-21(28-20)18-7-5-4-6-8-18;/h4-12,15-16H,13-14H2,1-3H3,(H2,24,25,26)(H2,27,29,30);1H. The van der Waals surface area contributed by atoms with Gasteiger partial charge in [0.15, 0.2) is 5.96 Å². The Hall–Kier alpha value is -3.08. The molecule has 0 saturated heterocycles. The molecule has 32 heavy (non-hydrogen) atoms. The number of oxazole rings is 1. The highest BCUT2D eigenvalue weighted by molar-refractivity contribution is 14.0. The topological polar surface area (TPSA) is 104 Å². The zero-order chi connectivity index (χ0) is 22.1. The summed E-state index contributed by atoms with van der Waals surface area (Å²) >= 11 is 0. The van der Waals surface area contributed by atoms with Crippen molar-refractivity contribution in [2.24, 2.45) is 4.99 Å². The Balaban J connectivity index is 0.00000363. The van der Waals surface area contributed by atoms with E-state index in [4.69, 9.17) is 4.42 Å². The molecular weight excluding hydrogens is 519 g/mol. The second-order valence-electron chi connectivity index (χ2n) is 7.24. The molecule has 0 radical (unpaired) electrons. The Labute approximate surface area is 205 Å². The highest BCUT2D eigenvalue weighted by Crippen LogP contribution is 2.17. The fourth-order valence-electron chi connectivity index (χ4n) is 2.82. The first-order chi connectivity index (χ1) is 15.0. The van der Waals surface area contributed by atoms with Crippen LogP contribution in [0.5, 0.6) is 0 Å². The maximum atomic E-state index is 11.8. The number of aromatic nitrogens is 1. The van der Waals surface area contributed by atoms with E-state index in [1.165, 1.54) is 0 Å². The van der Waals surface area contributed by atoms with Gasteiger partial charge in [0.2, 0.25) is 5.89 Å². The molecule has 0 atom stereocenters. The van der Waals surface area contributed by atoms with Crippen molar-refractivity contribution in [2.45, 2.75) is 33.0 Å². The van der Waals surface area contributed by atoms with Crippen LogP contribution < -0.4 is 21.3 Å². The lowest BCUT2D eigenvalue weighted by Crippen LogP contribution is -2.36. The first-order valence-corrected chi connectivity index (χ1v) is 10.1. The van der Waals surface area contributed by atoms with Gasteiger partial charge in [-0.1, -0.05) is 30.3 Å². The molecule has 4 N–H and O–H groups in total. The molecule has 2 amide bonds. The number of hydrogen-bond acceptors (Lipinski definition) is 4. The second-order valence-corrected chi connectivity index (χ2v) is 7.24. The monoisotopic (exact) mass is 548 g/mol. The number of guanidine groups is 1. The van der Waals surface area contributed by atoms with Crippen LogP contribution in [0.4, 0.5) is 10.5 Å². The summed E-state index contributed by atoms with van der Waals surface area (Å²) in [5.41, 5.74) is 3.53. The Morgan fingerprint density at radius 1 is 1.03 bits per heavy atom. The lowest BCUT2D eigenvalue weighted by Gasteiger charge is -2.12. The summed E-state index contributed by atoms with van der Waals surface area (Å²) in [5, 5.41) is 12.1. The minimum atomic E-state index is -0.214. The minimum Gasteiger partial charge on any atom is -0.444 e. The molecule has 0 fully saturated rings. The molecule has 0 saturated carbocycles. The van der Waals surface area contributed by atoms with Gasteiger partial charge in [0, 0.05) is 30.9 Å². The molecule has 2 aromatic carbocycles. The van der Waals surface area contributed by atoms with E-state index >= 15 is 0 Å². The minimum absolute atomic E-state index is 0. The van der Waals surface area contributed by atoms with E-state index in [9.17, 15) is 4.79 Å². The Morgan fingerprint density at radius 2 is 1.72 bits per heavy atom. The summed E-state index contributed by atoms with van der Waals surface area (Å²) in [4.78, 5) is 20.5. The van der Waals surface area contributed by atoms with E-state index < -0.39 is 0 Å². The van der Waals surface area contributed by atoms with Crippen molar-refractivity contribution in [1.82, 2.24) is 20.9 Å². The van der Waals surface area contributed by atoms with Gasteiger partial charge in [-0.2, -0.15) is 0 Å². The summed E-state index contributed by atoms with van der Waals surface area (Å²) in [6, 6.07) is 17.3. The van der Waals surface area contributed by atoms with E-state index in [0.717, 1.165) is 22.5 Å². The molecule has 0 aliphatic rings. The number of nitrogens with one attached hydrogen (secondary N) is 4. The smallest absolute Gasteiger partial charge is 0.319 e. The molecule has 170 valence electrons. The Kier molecular flexibility index (Phi) is 9.99. The normalized spacial score (nSPS) is 10.9. The average molecular weight is 548 g/mol. The lowest BCUT2D eigenvalue weighted by molar-refractivity contribution is 0.250. The van der Waals surface area contributed by atoms with Crippen LogP contribution in [0.3, 0.4) is 0 Å². The average Bonchev–Trinajstić information content (AvgIpc) is 3.24. The number of hydrogen-bond donors (Lipinski definition) is 4. The molecule has 0 unspecified atom stereocenters. The molecule has 1 aromatic heterocycles. The number of carbonyl (C=O) groups excluding carboxylic acids is 1. The largest absolute Gasteiger partial charge is 0.444 e. The van der Waals surface area contributed by atoms with Crippen LogP contribution in [0, 0.1) is 0 Å². The number of halogens is 1. The molecule has 8 nitrogen and oxygen atoms in total. The fourth-order valence-corrected chi connectivity index (χ4v) is 2.82. The first-order valence-electron chi connectivity index (χ1n) is 10.1. The zero-order valence-corrected chi connectivity index (χ0v) is 20.7. The van der Waals surface area contributed by atoms with E-state index in [2.05, 4.69) is 31.2 Å². The molecule has 0 aliphatic heterocycles. The second kappa shape index (κ2) is 12.7. The number of urea groups is 1. The summed E-state index contributed by atoms with van der Waals surface area (Å²) in [6.07, 6.45) is 1.64. The van der Waals surface area contributed by atoms with Crippen LogP contribution in [-0.2, 0) is 13.1 Å². The van der Waals surface area contributed by atoms with Crippen LogP contribution in [0.2, 0.25) is 0 Å². The van der Waals surface area contributed by atoms with Gasteiger partial charge < -0.3 is 25.7 Å². The Bertz CT molecular complexity index is 1000. The molecule has 1 heterocycles. The van der Waals surface area contributed by atoms with Crippen LogP contribution in [0.15, 0.2) is 70.3 Å². The van der Waals surface area contributed by atoms with E-state index in [1.54, 1.807) is 13.3 Å². The number of rotatable bonds is 7. The summed E-state index contributed by atoms with van der Waals surface area (Å²) in [6.45, 7) is 4.91. The summed E-state index contributed by atoms with van der Waals surface area (Å²) < 4.78 is 5.56. The molecule has 9 heteroatoms. The van der Waals surface area contributed by atoms with Crippen molar-refractivity contribution >= 4 is 41.7 Å². The van der Waals surface area contributed by atoms with Gasteiger partial charge in [-0.05, 0) is 43.7 Å². The number of anilines is 1. The van der Waals surface area contributed by atoms with E-state index in [-0.39, 0.29) is 36.0 Å². The first kappa shape index (κ1) is 25.2. The third-order valence-electron chi connectivity index (χ3n) is 4.32. The van der Waals surface area contributed by atoms with Crippen LogP contribution in [0.25, 0.3) is 11.5 Å². The maximum Gasteiger partial charge on any atom is 0.319 e. The quantitative estimate of drug-likeness (QED) is 0.200. The SMILES string of the molecule is CN=C(NCc1ccc(NC(=O)NC(C)C)cc1)NCc1coc(-c2ccccc2)n1.I. The number of amides is 2. The van der Waals surface area contributed by atoms with Gasteiger partial charge in [0.1, 0.15) is 6.26 Å².